The van der Waals surface area contributed by atoms with E-state index in [0.29, 0.717) is 11.5 Å². The fraction of sp³-hybridized carbons (Fsp3) is 0.462. The molecule has 1 fully saturated rings. The zero-order valence-electron chi connectivity index (χ0n) is 10.6. The number of rotatable bonds is 4. The summed E-state index contributed by atoms with van der Waals surface area (Å²) in [7, 11) is 3.08. The molecule has 98 valence electrons. The van der Waals surface area contributed by atoms with E-state index < -0.39 is 5.97 Å². The van der Waals surface area contributed by atoms with Gasteiger partial charge in [-0.3, -0.25) is 0 Å². The third kappa shape index (κ3) is 2.20. The predicted molar refractivity (Wildman–Crippen MR) is 68.0 cm³/mol. The van der Waals surface area contributed by atoms with E-state index >= 15 is 0 Å². The third-order valence-electron chi connectivity index (χ3n) is 3.15. The highest BCUT2D eigenvalue weighted by Gasteiger charge is 2.22. The van der Waals surface area contributed by atoms with Gasteiger partial charge in [-0.15, -0.1) is 0 Å². The summed E-state index contributed by atoms with van der Waals surface area (Å²) in [6.45, 7) is 1.84. The first kappa shape index (κ1) is 12.5. The Morgan fingerprint density at radius 1 is 1.22 bits per heavy atom. The van der Waals surface area contributed by atoms with Crippen LogP contribution in [0.1, 0.15) is 23.2 Å². The molecule has 0 bridgehead atoms. The van der Waals surface area contributed by atoms with Crippen LogP contribution in [0.5, 0.6) is 11.5 Å². The summed E-state index contributed by atoms with van der Waals surface area (Å²) in [6, 6.07) is 3.13. The van der Waals surface area contributed by atoms with Crippen LogP contribution in [0.15, 0.2) is 12.1 Å². The maximum atomic E-state index is 11.1. The van der Waals surface area contributed by atoms with Gasteiger partial charge in [-0.1, -0.05) is 0 Å². The number of carbonyl (C=O) groups is 1. The second-order valence-corrected chi connectivity index (χ2v) is 4.23. The van der Waals surface area contributed by atoms with Crippen LogP contribution in [0.3, 0.4) is 0 Å². The SMILES string of the molecule is COc1cc(C(=O)O)cc(N2CCCC2)c1OC. The minimum Gasteiger partial charge on any atom is -0.493 e. The first-order chi connectivity index (χ1) is 8.67. The van der Waals surface area contributed by atoms with Crippen LogP contribution in [0.2, 0.25) is 0 Å². The van der Waals surface area contributed by atoms with Crippen LogP contribution < -0.4 is 14.4 Å². The zero-order valence-corrected chi connectivity index (χ0v) is 10.6. The first-order valence-corrected chi connectivity index (χ1v) is 5.91. The van der Waals surface area contributed by atoms with Crippen molar-refractivity contribution in [3.05, 3.63) is 17.7 Å². The summed E-state index contributed by atoms with van der Waals surface area (Å²) < 4.78 is 10.6. The number of carboxylic acid groups (broad SMARTS) is 1. The van der Waals surface area contributed by atoms with Gasteiger partial charge in [-0.25, -0.2) is 4.79 Å². The Hall–Kier alpha value is -1.91. The Kier molecular flexibility index (Phi) is 3.60. The zero-order chi connectivity index (χ0) is 13.1. The van der Waals surface area contributed by atoms with Crippen molar-refractivity contribution < 1.29 is 19.4 Å². The molecule has 1 saturated heterocycles. The van der Waals surface area contributed by atoms with Gasteiger partial charge in [0.05, 0.1) is 25.5 Å². The quantitative estimate of drug-likeness (QED) is 0.887. The second-order valence-electron chi connectivity index (χ2n) is 4.23. The van der Waals surface area contributed by atoms with Crippen molar-refractivity contribution >= 4 is 11.7 Å². The van der Waals surface area contributed by atoms with E-state index in [9.17, 15) is 4.79 Å². The fourth-order valence-corrected chi connectivity index (χ4v) is 2.26. The van der Waals surface area contributed by atoms with Gasteiger partial charge in [-0.05, 0) is 25.0 Å². The van der Waals surface area contributed by atoms with Gasteiger partial charge in [0.25, 0.3) is 0 Å². The van der Waals surface area contributed by atoms with Crippen LogP contribution in [-0.2, 0) is 0 Å². The molecule has 0 aliphatic carbocycles. The largest absolute Gasteiger partial charge is 0.493 e. The van der Waals surface area contributed by atoms with Crippen molar-refractivity contribution in [1.29, 1.82) is 0 Å². The van der Waals surface area contributed by atoms with E-state index in [1.54, 1.807) is 13.2 Å². The number of carboxylic acids is 1. The molecule has 0 saturated carbocycles. The molecular formula is C13H17NO4. The molecule has 1 heterocycles. The molecule has 2 rings (SSSR count). The first-order valence-electron chi connectivity index (χ1n) is 5.91. The van der Waals surface area contributed by atoms with Crippen LogP contribution in [0.4, 0.5) is 5.69 Å². The lowest BCUT2D eigenvalue weighted by molar-refractivity contribution is 0.0696. The molecule has 1 N–H and O–H groups in total. The molecule has 0 unspecified atom stereocenters. The summed E-state index contributed by atoms with van der Waals surface area (Å²) in [4.78, 5) is 13.3. The number of methoxy groups -OCH3 is 2. The molecule has 0 spiro atoms. The van der Waals surface area contributed by atoms with Crippen molar-refractivity contribution in [3.8, 4) is 11.5 Å². The monoisotopic (exact) mass is 251 g/mol. The number of nitrogens with zero attached hydrogens (tertiary/aromatic N) is 1. The minimum atomic E-state index is -0.962. The molecule has 5 nitrogen and oxygen atoms in total. The van der Waals surface area contributed by atoms with Crippen LogP contribution in [-0.4, -0.2) is 38.4 Å². The minimum absolute atomic E-state index is 0.217. The fourth-order valence-electron chi connectivity index (χ4n) is 2.26. The van der Waals surface area contributed by atoms with Crippen LogP contribution >= 0.6 is 0 Å². The summed E-state index contributed by atoms with van der Waals surface area (Å²) >= 11 is 0. The lowest BCUT2D eigenvalue weighted by Crippen LogP contribution is -2.19. The number of anilines is 1. The summed E-state index contributed by atoms with van der Waals surface area (Å²) in [5, 5.41) is 9.12. The van der Waals surface area contributed by atoms with E-state index in [2.05, 4.69) is 4.90 Å². The Morgan fingerprint density at radius 2 is 1.89 bits per heavy atom. The highest BCUT2D eigenvalue weighted by Crippen LogP contribution is 2.40. The smallest absolute Gasteiger partial charge is 0.335 e. The van der Waals surface area contributed by atoms with E-state index in [0.717, 1.165) is 31.6 Å². The maximum absolute atomic E-state index is 11.1. The van der Waals surface area contributed by atoms with Crippen molar-refractivity contribution in [3.63, 3.8) is 0 Å². The summed E-state index contributed by atoms with van der Waals surface area (Å²) in [5.41, 5.74) is 1.02. The van der Waals surface area contributed by atoms with Crippen molar-refractivity contribution in [1.82, 2.24) is 0 Å². The highest BCUT2D eigenvalue weighted by molar-refractivity contribution is 5.91. The molecular weight excluding hydrogens is 234 g/mol. The average molecular weight is 251 g/mol. The van der Waals surface area contributed by atoms with Gasteiger partial charge in [0.15, 0.2) is 11.5 Å². The van der Waals surface area contributed by atoms with Crippen molar-refractivity contribution in [2.75, 3.05) is 32.2 Å². The van der Waals surface area contributed by atoms with Gasteiger partial charge in [0.2, 0.25) is 0 Å². The highest BCUT2D eigenvalue weighted by atomic mass is 16.5. The lowest BCUT2D eigenvalue weighted by Gasteiger charge is -2.22. The Balaban J connectivity index is 2.52. The van der Waals surface area contributed by atoms with Crippen molar-refractivity contribution in [2.24, 2.45) is 0 Å². The van der Waals surface area contributed by atoms with Gasteiger partial charge in [-0.2, -0.15) is 0 Å². The molecule has 0 amide bonds. The molecule has 18 heavy (non-hydrogen) atoms. The Labute approximate surface area is 106 Å². The molecule has 1 aliphatic rings. The summed E-state index contributed by atoms with van der Waals surface area (Å²) in [6.07, 6.45) is 2.23. The van der Waals surface area contributed by atoms with Crippen LogP contribution in [0, 0.1) is 0 Å². The maximum Gasteiger partial charge on any atom is 0.335 e. The molecule has 0 aromatic heterocycles. The average Bonchev–Trinajstić information content (AvgIpc) is 2.90. The predicted octanol–water partition coefficient (Wildman–Crippen LogP) is 2.00. The topological polar surface area (TPSA) is 59.0 Å². The molecule has 1 aliphatic heterocycles. The summed E-state index contributed by atoms with van der Waals surface area (Å²) in [5.74, 6) is 0.0973. The van der Waals surface area contributed by atoms with E-state index in [1.807, 2.05) is 0 Å². The number of benzene rings is 1. The number of hydrogen-bond donors (Lipinski definition) is 1. The number of aromatic carboxylic acids is 1. The number of ether oxygens (including phenoxy) is 2. The normalized spacial score (nSPS) is 14.7. The second kappa shape index (κ2) is 5.16. The number of hydrogen-bond acceptors (Lipinski definition) is 4. The molecule has 0 radical (unpaired) electrons. The molecule has 1 aromatic rings. The van der Waals surface area contributed by atoms with E-state index in [1.165, 1.54) is 13.2 Å². The molecule has 0 atom stereocenters. The standard InChI is InChI=1S/C13H17NO4/c1-17-11-8-9(13(15)16)7-10(12(11)18-2)14-5-3-4-6-14/h7-8H,3-6H2,1-2H3,(H,15,16). The van der Waals surface area contributed by atoms with Gasteiger partial charge >= 0.3 is 5.97 Å². The third-order valence-corrected chi connectivity index (χ3v) is 3.15. The van der Waals surface area contributed by atoms with Gasteiger partial charge < -0.3 is 19.5 Å². The van der Waals surface area contributed by atoms with Crippen molar-refractivity contribution in [2.45, 2.75) is 12.8 Å². The van der Waals surface area contributed by atoms with E-state index in [-0.39, 0.29) is 5.56 Å². The lowest BCUT2D eigenvalue weighted by atomic mass is 10.1. The van der Waals surface area contributed by atoms with Gasteiger partial charge in [0, 0.05) is 13.1 Å². The Bertz CT molecular complexity index is 453. The van der Waals surface area contributed by atoms with Crippen LogP contribution in [0.25, 0.3) is 0 Å². The molecule has 1 aromatic carbocycles. The Morgan fingerprint density at radius 3 is 2.39 bits per heavy atom. The van der Waals surface area contributed by atoms with Gasteiger partial charge in [0.1, 0.15) is 0 Å². The molecule has 5 heteroatoms. The van der Waals surface area contributed by atoms with E-state index in [4.69, 9.17) is 14.6 Å².